The molecule has 0 aliphatic carbocycles. The molecule has 5 nitrogen and oxygen atoms in total. The first-order chi connectivity index (χ1) is 11.8. The monoisotopic (exact) mass is 336 g/mol. The van der Waals surface area contributed by atoms with Gasteiger partial charge in [-0.1, -0.05) is 18.2 Å². The van der Waals surface area contributed by atoms with Crippen LogP contribution in [0.25, 0.3) is 16.2 Å². The lowest BCUT2D eigenvalue weighted by Crippen LogP contribution is -2.03. The lowest BCUT2D eigenvalue weighted by atomic mass is 10.2. The summed E-state index contributed by atoms with van der Waals surface area (Å²) in [4.78, 5) is 10.2. The highest BCUT2D eigenvalue weighted by Crippen LogP contribution is 2.27. The largest absolute Gasteiger partial charge is 0.497 e. The summed E-state index contributed by atoms with van der Waals surface area (Å²) in [5, 5.41) is 5.44. The van der Waals surface area contributed by atoms with Gasteiger partial charge in [0.1, 0.15) is 5.75 Å². The van der Waals surface area contributed by atoms with Crippen molar-refractivity contribution in [1.82, 2.24) is 14.4 Å². The molecule has 0 aliphatic heterocycles. The molecule has 0 atom stereocenters. The first kappa shape index (κ1) is 14.7. The van der Waals surface area contributed by atoms with E-state index < -0.39 is 0 Å². The molecule has 3 heterocycles. The van der Waals surface area contributed by atoms with Crippen LogP contribution in [-0.4, -0.2) is 21.5 Å². The van der Waals surface area contributed by atoms with Crippen LogP contribution in [0.3, 0.4) is 0 Å². The number of nitrogens with one attached hydrogen (secondary N) is 1. The molecule has 0 saturated heterocycles. The van der Waals surface area contributed by atoms with E-state index in [4.69, 9.17) is 4.74 Å². The van der Waals surface area contributed by atoms with Crippen molar-refractivity contribution in [2.45, 2.75) is 6.54 Å². The average Bonchev–Trinajstić information content (AvgIpc) is 3.29. The number of hydrogen-bond acceptors (Lipinski definition) is 5. The normalized spacial score (nSPS) is 10.9. The third-order valence-electron chi connectivity index (χ3n) is 3.82. The number of nitrogens with zero attached hydrogens (tertiary/aromatic N) is 3. The molecule has 4 rings (SSSR count). The van der Waals surface area contributed by atoms with E-state index in [-0.39, 0.29) is 0 Å². The minimum atomic E-state index is 0.678. The molecule has 0 bridgehead atoms. The van der Waals surface area contributed by atoms with Crippen molar-refractivity contribution in [2.75, 3.05) is 12.4 Å². The number of thiophene rings is 1. The summed E-state index contributed by atoms with van der Waals surface area (Å²) in [6, 6.07) is 12.1. The SMILES string of the molecule is COc1ccc(CNc2nccn3c(-c4cccs4)cnc23)cc1. The number of aromatic nitrogens is 3. The second-order valence-corrected chi connectivity index (χ2v) is 6.24. The smallest absolute Gasteiger partial charge is 0.180 e. The van der Waals surface area contributed by atoms with Gasteiger partial charge in [0.25, 0.3) is 0 Å². The molecule has 4 aromatic rings. The number of methoxy groups -OCH3 is 1. The first-order valence-corrected chi connectivity index (χ1v) is 8.46. The van der Waals surface area contributed by atoms with Gasteiger partial charge in [0.05, 0.1) is 23.9 Å². The van der Waals surface area contributed by atoms with Crippen molar-refractivity contribution in [3.63, 3.8) is 0 Å². The average molecular weight is 336 g/mol. The molecule has 120 valence electrons. The highest BCUT2D eigenvalue weighted by Gasteiger charge is 2.10. The molecular formula is C18H16N4OS. The predicted octanol–water partition coefficient (Wildman–Crippen LogP) is 4.08. The Morgan fingerprint density at radius 1 is 1.17 bits per heavy atom. The number of imidazole rings is 1. The third kappa shape index (κ3) is 2.72. The highest BCUT2D eigenvalue weighted by atomic mass is 32.1. The maximum atomic E-state index is 5.18. The summed E-state index contributed by atoms with van der Waals surface area (Å²) in [7, 11) is 1.67. The topological polar surface area (TPSA) is 51.5 Å². The molecule has 1 aromatic carbocycles. The molecular weight excluding hydrogens is 320 g/mol. The number of fused-ring (bicyclic) bond motifs is 1. The molecule has 0 aliphatic rings. The van der Waals surface area contributed by atoms with Crippen LogP contribution < -0.4 is 10.1 Å². The van der Waals surface area contributed by atoms with E-state index >= 15 is 0 Å². The minimum absolute atomic E-state index is 0.678. The number of ether oxygens (including phenoxy) is 1. The summed E-state index contributed by atoms with van der Waals surface area (Å²) in [5.74, 6) is 1.63. The van der Waals surface area contributed by atoms with E-state index in [0.29, 0.717) is 6.54 Å². The summed E-state index contributed by atoms with van der Waals surface area (Å²) < 4.78 is 7.25. The van der Waals surface area contributed by atoms with Crippen LogP contribution in [0.4, 0.5) is 5.82 Å². The van der Waals surface area contributed by atoms with Crippen LogP contribution in [0.15, 0.2) is 60.4 Å². The summed E-state index contributed by atoms with van der Waals surface area (Å²) in [5.41, 5.74) is 3.06. The van der Waals surface area contributed by atoms with Crippen LogP contribution in [0.1, 0.15) is 5.56 Å². The second-order valence-electron chi connectivity index (χ2n) is 5.29. The van der Waals surface area contributed by atoms with Crippen LogP contribution in [0.2, 0.25) is 0 Å². The van der Waals surface area contributed by atoms with Crippen molar-refractivity contribution < 1.29 is 4.74 Å². The highest BCUT2D eigenvalue weighted by molar-refractivity contribution is 7.13. The standard InChI is InChI=1S/C18H16N4OS/c1-23-14-6-4-13(5-7-14)11-20-17-18-21-12-15(16-3-2-10-24-16)22(18)9-8-19-17/h2-10,12H,11H2,1H3,(H,19,20). The van der Waals surface area contributed by atoms with Crippen LogP contribution in [0, 0.1) is 0 Å². The molecule has 0 unspecified atom stereocenters. The van der Waals surface area contributed by atoms with Gasteiger partial charge in [-0.05, 0) is 29.1 Å². The third-order valence-corrected chi connectivity index (χ3v) is 4.71. The number of hydrogen-bond donors (Lipinski definition) is 1. The van der Waals surface area contributed by atoms with Gasteiger partial charge in [0.2, 0.25) is 0 Å². The number of rotatable bonds is 5. The van der Waals surface area contributed by atoms with E-state index in [9.17, 15) is 0 Å². The zero-order chi connectivity index (χ0) is 16.4. The fourth-order valence-corrected chi connectivity index (χ4v) is 3.31. The van der Waals surface area contributed by atoms with Gasteiger partial charge in [0.15, 0.2) is 11.5 Å². The van der Waals surface area contributed by atoms with Crippen molar-refractivity contribution in [3.8, 4) is 16.3 Å². The van der Waals surface area contributed by atoms with E-state index in [1.807, 2.05) is 42.7 Å². The van der Waals surface area contributed by atoms with Gasteiger partial charge in [-0.15, -0.1) is 11.3 Å². The van der Waals surface area contributed by atoms with Crippen molar-refractivity contribution in [2.24, 2.45) is 0 Å². The zero-order valence-corrected chi connectivity index (χ0v) is 14.0. The van der Waals surface area contributed by atoms with Crippen LogP contribution in [0.5, 0.6) is 5.75 Å². The van der Waals surface area contributed by atoms with Gasteiger partial charge >= 0.3 is 0 Å². The van der Waals surface area contributed by atoms with Gasteiger partial charge in [-0.3, -0.25) is 4.40 Å². The molecule has 1 N–H and O–H groups in total. The first-order valence-electron chi connectivity index (χ1n) is 7.58. The van der Waals surface area contributed by atoms with Gasteiger partial charge in [0, 0.05) is 18.9 Å². The van der Waals surface area contributed by atoms with Gasteiger partial charge in [-0.2, -0.15) is 0 Å². The lowest BCUT2D eigenvalue weighted by Gasteiger charge is -2.08. The van der Waals surface area contributed by atoms with Crippen LogP contribution in [-0.2, 0) is 6.54 Å². The van der Waals surface area contributed by atoms with E-state index in [0.717, 1.165) is 28.5 Å². The molecule has 0 radical (unpaired) electrons. The Morgan fingerprint density at radius 3 is 2.79 bits per heavy atom. The fraction of sp³-hybridized carbons (Fsp3) is 0.111. The Labute approximate surface area is 143 Å². The Hall–Kier alpha value is -2.86. The summed E-state index contributed by atoms with van der Waals surface area (Å²) in [6.45, 7) is 0.678. The van der Waals surface area contributed by atoms with E-state index in [1.165, 1.54) is 4.88 Å². The lowest BCUT2D eigenvalue weighted by molar-refractivity contribution is 0.414. The van der Waals surface area contributed by atoms with Crippen LogP contribution >= 0.6 is 11.3 Å². The number of anilines is 1. The van der Waals surface area contributed by atoms with Gasteiger partial charge < -0.3 is 10.1 Å². The Balaban J connectivity index is 1.60. The van der Waals surface area contributed by atoms with Gasteiger partial charge in [-0.25, -0.2) is 9.97 Å². The van der Waals surface area contributed by atoms with E-state index in [2.05, 4.69) is 31.1 Å². The number of benzene rings is 1. The Kier molecular flexibility index (Phi) is 3.88. The maximum absolute atomic E-state index is 5.18. The van der Waals surface area contributed by atoms with E-state index in [1.54, 1.807) is 24.6 Å². The summed E-state index contributed by atoms with van der Waals surface area (Å²) in [6.07, 6.45) is 5.62. The molecule has 3 aromatic heterocycles. The summed E-state index contributed by atoms with van der Waals surface area (Å²) >= 11 is 1.70. The molecule has 0 saturated carbocycles. The molecule has 24 heavy (non-hydrogen) atoms. The molecule has 0 amide bonds. The minimum Gasteiger partial charge on any atom is -0.497 e. The quantitative estimate of drug-likeness (QED) is 0.597. The van der Waals surface area contributed by atoms with Crippen molar-refractivity contribution >= 4 is 22.8 Å². The fourth-order valence-electron chi connectivity index (χ4n) is 2.58. The molecule has 6 heteroatoms. The van der Waals surface area contributed by atoms with Crippen molar-refractivity contribution in [1.29, 1.82) is 0 Å². The Morgan fingerprint density at radius 2 is 2.04 bits per heavy atom. The molecule has 0 spiro atoms. The van der Waals surface area contributed by atoms with Crippen molar-refractivity contribution in [3.05, 3.63) is 65.9 Å². The zero-order valence-electron chi connectivity index (χ0n) is 13.1. The second kappa shape index (κ2) is 6.33. The maximum Gasteiger partial charge on any atom is 0.180 e. The Bertz CT molecular complexity index is 945. The molecule has 0 fully saturated rings. The predicted molar refractivity (Wildman–Crippen MR) is 96.6 cm³/mol.